The predicted octanol–water partition coefficient (Wildman–Crippen LogP) is 2.62. The lowest BCUT2D eigenvalue weighted by Gasteiger charge is -2.13. The van der Waals surface area contributed by atoms with Crippen molar-refractivity contribution in [3.05, 3.63) is 50.5 Å². The second-order valence-corrected chi connectivity index (χ2v) is 5.16. The van der Waals surface area contributed by atoms with E-state index in [1.807, 2.05) is 0 Å². The number of amides is 1. The maximum Gasteiger partial charge on any atom is 0.433 e. The minimum atomic E-state index is -4.79. The fraction of sp³-hybridized carbons (Fsp3) is 0.214. The van der Waals surface area contributed by atoms with Crippen LogP contribution in [0.15, 0.2) is 23.0 Å². The quantitative estimate of drug-likeness (QED) is 0.834. The molecule has 128 valence electrons. The molecule has 0 saturated heterocycles. The summed E-state index contributed by atoms with van der Waals surface area (Å²) in [6.07, 6.45) is -4.79. The third-order valence-corrected chi connectivity index (χ3v) is 3.49. The summed E-state index contributed by atoms with van der Waals surface area (Å²) in [4.78, 5) is 23.6. The summed E-state index contributed by atoms with van der Waals surface area (Å²) in [5.74, 6) is -1.64. The van der Waals surface area contributed by atoms with Gasteiger partial charge in [-0.05, 0) is 12.1 Å². The predicted molar refractivity (Wildman–Crippen MR) is 78.3 cm³/mol. The van der Waals surface area contributed by atoms with Gasteiger partial charge in [-0.2, -0.15) is 18.3 Å². The van der Waals surface area contributed by atoms with E-state index in [-0.39, 0.29) is 10.6 Å². The highest BCUT2D eigenvalue weighted by atomic mass is 35.5. The number of nitrogens with one attached hydrogen (secondary N) is 1. The molecule has 1 aromatic heterocycles. The highest BCUT2D eigenvalue weighted by Crippen LogP contribution is 2.29. The summed E-state index contributed by atoms with van der Waals surface area (Å²) in [6, 6.07) is 2.07. The van der Waals surface area contributed by atoms with Crippen LogP contribution in [-0.2, 0) is 13.2 Å². The van der Waals surface area contributed by atoms with Gasteiger partial charge >= 0.3 is 6.18 Å². The van der Waals surface area contributed by atoms with Crippen molar-refractivity contribution in [3.63, 3.8) is 0 Å². The molecule has 0 aliphatic heterocycles. The fourth-order valence-corrected chi connectivity index (χ4v) is 2.27. The maximum absolute atomic E-state index is 14.1. The van der Waals surface area contributed by atoms with Gasteiger partial charge in [0, 0.05) is 25.7 Å². The van der Waals surface area contributed by atoms with E-state index < -0.39 is 40.3 Å². The Labute approximate surface area is 137 Å². The molecule has 1 aromatic carbocycles. The zero-order valence-corrected chi connectivity index (χ0v) is 13.1. The molecule has 0 radical (unpaired) electrons. The second kappa shape index (κ2) is 6.23. The van der Waals surface area contributed by atoms with Gasteiger partial charge < -0.3 is 5.32 Å². The molecule has 0 spiro atoms. The standard InChI is InChI=1S/C14H10ClF4N3O2/c1-20-13(24)6-3-7(9(16)4-8(6)15)12-10(23)5-11(14(17,18)19)22(2)21-12/h3-5H,1-2H3,(H,20,24). The van der Waals surface area contributed by atoms with Crippen LogP contribution in [0, 0.1) is 5.82 Å². The van der Waals surface area contributed by atoms with E-state index in [1.165, 1.54) is 7.05 Å². The van der Waals surface area contributed by atoms with Gasteiger partial charge in [0.1, 0.15) is 17.2 Å². The molecule has 2 rings (SSSR count). The Morgan fingerprint density at radius 2 is 1.92 bits per heavy atom. The van der Waals surface area contributed by atoms with Gasteiger partial charge in [0.05, 0.1) is 10.6 Å². The third-order valence-electron chi connectivity index (χ3n) is 3.17. The zero-order valence-electron chi connectivity index (χ0n) is 12.3. The van der Waals surface area contributed by atoms with Gasteiger partial charge in [-0.1, -0.05) is 11.6 Å². The van der Waals surface area contributed by atoms with E-state index in [1.54, 1.807) is 0 Å². The molecule has 0 saturated carbocycles. The number of halogens is 5. The van der Waals surface area contributed by atoms with Crippen LogP contribution in [0.25, 0.3) is 11.3 Å². The SMILES string of the molecule is CNC(=O)c1cc(-c2nn(C)c(C(F)(F)F)cc2=O)c(F)cc1Cl. The lowest BCUT2D eigenvalue weighted by molar-refractivity contribution is -0.144. The molecule has 2 aromatic rings. The van der Waals surface area contributed by atoms with E-state index >= 15 is 0 Å². The molecule has 24 heavy (non-hydrogen) atoms. The molecule has 0 aliphatic carbocycles. The number of alkyl halides is 3. The minimum Gasteiger partial charge on any atom is -0.355 e. The Morgan fingerprint density at radius 1 is 1.29 bits per heavy atom. The summed E-state index contributed by atoms with van der Waals surface area (Å²) >= 11 is 5.77. The van der Waals surface area contributed by atoms with Crippen molar-refractivity contribution in [3.8, 4) is 11.3 Å². The van der Waals surface area contributed by atoms with Crippen molar-refractivity contribution in [1.82, 2.24) is 15.1 Å². The van der Waals surface area contributed by atoms with Gasteiger partial charge in [0.15, 0.2) is 0 Å². The minimum absolute atomic E-state index is 0.140. The largest absolute Gasteiger partial charge is 0.433 e. The summed E-state index contributed by atoms with van der Waals surface area (Å²) in [5, 5.41) is 5.56. The van der Waals surface area contributed by atoms with E-state index in [0.29, 0.717) is 10.7 Å². The Morgan fingerprint density at radius 3 is 2.46 bits per heavy atom. The number of benzene rings is 1. The van der Waals surface area contributed by atoms with Crippen LogP contribution in [0.5, 0.6) is 0 Å². The lowest BCUT2D eigenvalue weighted by atomic mass is 10.1. The van der Waals surface area contributed by atoms with Crippen LogP contribution in [-0.4, -0.2) is 22.7 Å². The van der Waals surface area contributed by atoms with E-state index in [0.717, 1.165) is 19.2 Å². The van der Waals surface area contributed by atoms with Gasteiger partial charge in [0.2, 0.25) is 5.43 Å². The normalized spacial score (nSPS) is 11.5. The summed E-state index contributed by atoms with van der Waals surface area (Å²) in [7, 11) is 2.29. The molecular weight excluding hydrogens is 354 g/mol. The van der Waals surface area contributed by atoms with Gasteiger partial charge in [-0.25, -0.2) is 4.39 Å². The first-order valence-corrected chi connectivity index (χ1v) is 6.81. The van der Waals surface area contributed by atoms with Crippen molar-refractivity contribution >= 4 is 17.5 Å². The Balaban J connectivity index is 2.71. The summed E-state index contributed by atoms with van der Waals surface area (Å²) < 4.78 is 52.8. The average Bonchev–Trinajstić information content (AvgIpc) is 2.48. The zero-order chi connectivity index (χ0) is 18.2. The Kier molecular flexibility index (Phi) is 4.66. The molecule has 10 heteroatoms. The topological polar surface area (TPSA) is 64.0 Å². The Bertz CT molecular complexity index is 878. The highest BCUT2D eigenvalue weighted by molar-refractivity contribution is 6.34. The molecule has 1 N–H and O–H groups in total. The van der Waals surface area contributed by atoms with Crippen LogP contribution in [0.1, 0.15) is 16.1 Å². The van der Waals surface area contributed by atoms with Crippen molar-refractivity contribution in [1.29, 1.82) is 0 Å². The molecule has 0 aliphatic rings. The van der Waals surface area contributed by atoms with Crippen molar-refractivity contribution in [2.24, 2.45) is 7.05 Å². The molecule has 1 heterocycles. The first kappa shape index (κ1) is 17.9. The Hall–Kier alpha value is -2.42. The number of nitrogens with zero attached hydrogens (tertiary/aromatic N) is 2. The van der Waals surface area contributed by atoms with Gasteiger partial charge in [-0.3, -0.25) is 14.3 Å². The van der Waals surface area contributed by atoms with Gasteiger partial charge in [-0.15, -0.1) is 0 Å². The van der Waals surface area contributed by atoms with Crippen LogP contribution in [0.4, 0.5) is 17.6 Å². The number of carbonyl (C=O) groups is 1. The molecular formula is C14H10ClF4N3O2. The van der Waals surface area contributed by atoms with Crippen LogP contribution in [0.2, 0.25) is 5.02 Å². The molecule has 1 amide bonds. The monoisotopic (exact) mass is 363 g/mol. The van der Waals surface area contributed by atoms with Crippen molar-refractivity contribution < 1.29 is 22.4 Å². The van der Waals surface area contributed by atoms with Gasteiger partial charge in [0.25, 0.3) is 5.91 Å². The van der Waals surface area contributed by atoms with E-state index in [4.69, 9.17) is 11.6 Å². The van der Waals surface area contributed by atoms with Crippen molar-refractivity contribution in [2.45, 2.75) is 6.18 Å². The first-order valence-electron chi connectivity index (χ1n) is 6.43. The number of aromatic nitrogens is 2. The average molecular weight is 364 g/mol. The van der Waals surface area contributed by atoms with E-state index in [2.05, 4.69) is 10.4 Å². The van der Waals surface area contributed by atoms with Crippen molar-refractivity contribution in [2.75, 3.05) is 7.05 Å². The number of hydrogen-bond acceptors (Lipinski definition) is 3. The van der Waals surface area contributed by atoms with Crippen LogP contribution < -0.4 is 10.7 Å². The first-order chi connectivity index (χ1) is 11.1. The number of carbonyl (C=O) groups excluding carboxylic acids is 1. The second-order valence-electron chi connectivity index (χ2n) is 4.75. The number of hydrogen-bond donors (Lipinski definition) is 1. The molecule has 0 fully saturated rings. The van der Waals surface area contributed by atoms with E-state index in [9.17, 15) is 27.2 Å². The third kappa shape index (κ3) is 3.25. The fourth-order valence-electron chi connectivity index (χ4n) is 2.03. The molecule has 0 bridgehead atoms. The molecule has 0 atom stereocenters. The van der Waals surface area contributed by atoms with Crippen LogP contribution in [0.3, 0.4) is 0 Å². The smallest absolute Gasteiger partial charge is 0.355 e. The lowest BCUT2D eigenvalue weighted by Crippen LogP contribution is -2.23. The molecule has 5 nitrogen and oxygen atoms in total. The highest BCUT2D eigenvalue weighted by Gasteiger charge is 2.34. The van der Waals surface area contributed by atoms with Crippen LogP contribution >= 0.6 is 11.6 Å². The number of rotatable bonds is 2. The molecule has 0 unspecified atom stereocenters. The summed E-state index contributed by atoms with van der Waals surface area (Å²) in [5.41, 5.74) is -3.54. The summed E-state index contributed by atoms with van der Waals surface area (Å²) in [6.45, 7) is 0. The maximum atomic E-state index is 14.1. The number of aryl methyl sites for hydroxylation is 1.